The summed E-state index contributed by atoms with van der Waals surface area (Å²) in [5.41, 5.74) is 0. The molecule has 0 fully saturated rings. The van der Waals surface area contributed by atoms with Crippen LogP contribution in [0.25, 0.3) is 0 Å². The standard InChI is InChI=1S/C74H144O17P2/c1-5-9-13-17-21-24-26-28-30-32-33-34-35-36-37-39-41-43-45-49-53-57-61-74(79)91-70(65-85-72(77)59-55-51-48-44-42-40-38-31-29-27-25-22-18-14-10-6-2)67-89-93(82,83)87-63-68(75)62-86-92(80,81)88-66-69(64-84-71(76)58-54-50-46-20-16-12-8-4)90-73(78)60-56-52-47-23-19-15-11-7-3/h68-70,75H,5-67H2,1-4H3,(H,80,81)(H,82,83)/t68-,69+,70+/m0/s1. The molecule has 0 amide bonds. The molecule has 0 aromatic rings. The summed E-state index contributed by atoms with van der Waals surface area (Å²) in [4.78, 5) is 72.4. The van der Waals surface area contributed by atoms with Crippen LogP contribution in [0, 0.1) is 0 Å². The summed E-state index contributed by atoms with van der Waals surface area (Å²) >= 11 is 0. The molecule has 3 N–H and O–H groups in total. The summed E-state index contributed by atoms with van der Waals surface area (Å²) in [7, 11) is -9.89. The maximum atomic E-state index is 13.1. The molecule has 93 heavy (non-hydrogen) atoms. The number of phosphoric acid groups is 2. The van der Waals surface area contributed by atoms with Gasteiger partial charge in [0.1, 0.15) is 19.3 Å². The highest BCUT2D eigenvalue weighted by atomic mass is 31.2. The van der Waals surface area contributed by atoms with E-state index in [0.29, 0.717) is 25.7 Å². The first-order valence-corrected chi connectivity index (χ1v) is 41.8. The molecule has 19 heteroatoms. The second-order valence-electron chi connectivity index (χ2n) is 26.7. The number of aliphatic hydroxyl groups excluding tert-OH is 1. The third-order valence-corrected chi connectivity index (χ3v) is 19.3. The second-order valence-corrected chi connectivity index (χ2v) is 29.6. The molecule has 0 heterocycles. The molecule has 0 radical (unpaired) electrons. The average Bonchev–Trinajstić information content (AvgIpc) is 2.40. The lowest BCUT2D eigenvalue weighted by Crippen LogP contribution is -2.30. The molecule has 552 valence electrons. The van der Waals surface area contributed by atoms with Gasteiger partial charge in [-0.15, -0.1) is 0 Å². The molecule has 0 aliphatic rings. The van der Waals surface area contributed by atoms with Gasteiger partial charge in [-0.2, -0.15) is 0 Å². The largest absolute Gasteiger partial charge is 0.472 e. The Bertz CT molecular complexity index is 1770. The van der Waals surface area contributed by atoms with Crippen LogP contribution in [0.4, 0.5) is 0 Å². The van der Waals surface area contributed by atoms with Gasteiger partial charge in [0.15, 0.2) is 12.2 Å². The van der Waals surface area contributed by atoms with Crippen molar-refractivity contribution in [1.29, 1.82) is 0 Å². The topological polar surface area (TPSA) is 237 Å². The third-order valence-electron chi connectivity index (χ3n) is 17.4. The number of hydrogen-bond acceptors (Lipinski definition) is 15. The van der Waals surface area contributed by atoms with Crippen molar-refractivity contribution in [2.75, 3.05) is 39.6 Å². The molecule has 0 rings (SSSR count). The van der Waals surface area contributed by atoms with Gasteiger partial charge in [0.05, 0.1) is 26.4 Å². The number of carbonyl (C=O) groups is 4. The van der Waals surface area contributed by atoms with E-state index < -0.39 is 97.5 Å². The van der Waals surface area contributed by atoms with Crippen molar-refractivity contribution in [2.24, 2.45) is 0 Å². The lowest BCUT2D eigenvalue weighted by molar-refractivity contribution is -0.161. The smallest absolute Gasteiger partial charge is 0.462 e. The lowest BCUT2D eigenvalue weighted by Gasteiger charge is -2.21. The number of unbranched alkanes of at least 4 members (excludes halogenated alkanes) is 49. The molecule has 0 aliphatic heterocycles. The van der Waals surface area contributed by atoms with Gasteiger partial charge in [-0.3, -0.25) is 37.3 Å². The van der Waals surface area contributed by atoms with Gasteiger partial charge in [-0.25, -0.2) is 9.13 Å². The minimum absolute atomic E-state index is 0.105. The van der Waals surface area contributed by atoms with Gasteiger partial charge in [0.25, 0.3) is 0 Å². The van der Waals surface area contributed by atoms with E-state index >= 15 is 0 Å². The number of hydrogen-bond donors (Lipinski definition) is 3. The molecule has 0 bridgehead atoms. The van der Waals surface area contributed by atoms with Crippen LogP contribution in [-0.2, 0) is 65.4 Å². The number of phosphoric ester groups is 2. The van der Waals surface area contributed by atoms with E-state index in [1.165, 1.54) is 205 Å². The number of carbonyl (C=O) groups excluding carboxylic acids is 4. The molecule has 2 unspecified atom stereocenters. The van der Waals surface area contributed by atoms with Crippen LogP contribution in [0.3, 0.4) is 0 Å². The molecule has 0 aromatic heterocycles. The van der Waals surface area contributed by atoms with Crippen LogP contribution in [-0.4, -0.2) is 96.7 Å². The van der Waals surface area contributed by atoms with Crippen molar-refractivity contribution in [1.82, 2.24) is 0 Å². The highest BCUT2D eigenvalue weighted by Crippen LogP contribution is 2.45. The van der Waals surface area contributed by atoms with E-state index in [-0.39, 0.29) is 25.7 Å². The molecular weight excluding hydrogens is 1220 g/mol. The predicted molar refractivity (Wildman–Crippen MR) is 377 cm³/mol. The average molecular weight is 1370 g/mol. The minimum atomic E-state index is -4.95. The van der Waals surface area contributed by atoms with Gasteiger partial charge in [-0.1, -0.05) is 342 Å². The zero-order valence-corrected chi connectivity index (χ0v) is 62.0. The lowest BCUT2D eigenvalue weighted by atomic mass is 10.0. The maximum absolute atomic E-state index is 13.1. The minimum Gasteiger partial charge on any atom is -0.462 e. The van der Waals surface area contributed by atoms with E-state index in [9.17, 15) is 43.2 Å². The van der Waals surface area contributed by atoms with Crippen molar-refractivity contribution < 1.29 is 80.2 Å². The van der Waals surface area contributed by atoms with E-state index in [0.717, 1.165) is 109 Å². The second kappa shape index (κ2) is 68.6. The number of ether oxygens (including phenoxy) is 4. The SMILES string of the molecule is CCCCCCCCCCCCCCCCCCCCCCCCC(=O)O[C@H](COC(=O)CCCCCCCCCCCCCCCCCC)COP(=O)(O)OC[C@@H](O)COP(=O)(O)OC[C@@H](COC(=O)CCCCCCCCC)OC(=O)CCCCCCCCCC. The Morgan fingerprint density at radius 3 is 0.634 bits per heavy atom. The maximum Gasteiger partial charge on any atom is 0.472 e. The van der Waals surface area contributed by atoms with Crippen molar-refractivity contribution in [3.05, 3.63) is 0 Å². The number of aliphatic hydroxyl groups is 1. The molecule has 0 aromatic carbocycles. The highest BCUT2D eigenvalue weighted by Gasteiger charge is 2.30. The fourth-order valence-corrected chi connectivity index (χ4v) is 13.0. The summed E-state index contributed by atoms with van der Waals surface area (Å²) in [5, 5.41) is 10.6. The molecule has 0 spiro atoms. The Hall–Kier alpha value is -1.94. The van der Waals surface area contributed by atoms with Crippen LogP contribution in [0.5, 0.6) is 0 Å². The first-order chi connectivity index (χ1) is 45.2. The quantitative estimate of drug-likeness (QED) is 0.0222. The Balaban J connectivity index is 5.11. The van der Waals surface area contributed by atoms with Gasteiger partial charge in [0.2, 0.25) is 0 Å². The van der Waals surface area contributed by atoms with Crippen molar-refractivity contribution in [3.8, 4) is 0 Å². The van der Waals surface area contributed by atoms with E-state index in [1.54, 1.807) is 0 Å². The first-order valence-electron chi connectivity index (χ1n) is 38.8. The van der Waals surface area contributed by atoms with E-state index in [4.69, 9.17) is 37.0 Å². The van der Waals surface area contributed by atoms with Crippen LogP contribution in [0.15, 0.2) is 0 Å². The molecule has 0 saturated heterocycles. The normalized spacial score (nSPS) is 13.9. The van der Waals surface area contributed by atoms with Crippen LogP contribution < -0.4 is 0 Å². The Kier molecular flexibility index (Phi) is 67.1. The first kappa shape index (κ1) is 91.1. The summed E-state index contributed by atoms with van der Waals surface area (Å²) < 4.78 is 68.2. The Labute approximate surface area is 568 Å². The molecule has 0 saturated carbocycles. The van der Waals surface area contributed by atoms with Crippen LogP contribution in [0.1, 0.15) is 394 Å². The highest BCUT2D eigenvalue weighted by molar-refractivity contribution is 7.47. The van der Waals surface area contributed by atoms with Crippen molar-refractivity contribution in [2.45, 2.75) is 412 Å². The van der Waals surface area contributed by atoms with Crippen LogP contribution >= 0.6 is 15.6 Å². The molecule has 5 atom stereocenters. The zero-order chi connectivity index (χ0) is 68.2. The fourth-order valence-electron chi connectivity index (χ4n) is 11.4. The molecule has 0 aliphatic carbocycles. The van der Waals surface area contributed by atoms with Crippen LogP contribution in [0.2, 0.25) is 0 Å². The van der Waals surface area contributed by atoms with Crippen molar-refractivity contribution in [3.63, 3.8) is 0 Å². The summed E-state index contributed by atoms with van der Waals surface area (Å²) in [6, 6.07) is 0. The Morgan fingerprint density at radius 1 is 0.258 bits per heavy atom. The summed E-state index contributed by atoms with van der Waals surface area (Å²) in [6.07, 6.45) is 58.7. The molecule has 17 nitrogen and oxygen atoms in total. The van der Waals surface area contributed by atoms with Gasteiger partial charge < -0.3 is 33.8 Å². The summed E-state index contributed by atoms with van der Waals surface area (Å²) in [5.74, 6) is -2.12. The third kappa shape index (κ3) is 68.4. The van der Waals surface area contributed by atoms with Crippen molar-refractivity contribution >= 4 is 39.5 Å². The van der Waals surface area contributed by atoms with Gasteiger partial charge in [0, 0.05) is 25.7 Å². The summed E-state index contributed by atoms with van der Waals surface area (Å²) in [6.45, 7) is 4.90. The van der Waals surface area contributed by atoms with Gasteiger partial charge >= 0.3 is 39.5 Å². The van der Waals surface area contributed by atoms with E-state index in [1.807, 2.05) is 0 Å². The molecular formula is C74H144O17P2. The fraction of sp³-hybridized carbons (Fsp3) is 0.946. The predicted octanol–water partition coefficient (Wildman–Crippen LogP) is 21.8. The zero-order valence-electron chi connectivity index (χ0n) is 60.2. The Morgan fingerprint density at radius 2 is 0.430 bits per heavy atom. The van der Waals surface area contributed by atoms with Gasteiger partial charge in [-0.05, 0) is 25.7 Å². The monoisotopic (exact) mass is 1370 g/mol. The number of esters is 4. The van der Waals surface area contributed by atoms with E-state index in [2.05, 4.69) is 27.7 Å². The number of rotatable bonds is 75.